The average Bonchev–Trinajstić information content (AvgIpc) is 2.52. The summed E-state index contributed by atoms with van der Waals surface area (Å²) in [6, 6.07) is 0.307. The minimum absolute atomic E-state index is 0.147. The molecule has 0 aliphatic heterocycles. The number of aryl methyl sites for hydroxylation is 2. The summed E-state index contributed by atoms with van der Waals surface area (Å²) in [7, 11) is 0. The normalized spacial score (nSPS) is 14.0. The monoisotopic (exact) mass is 239 g/mol. The predicted molar refractivity (Wildman–Crippen MR) is 69.8 cm³/mol. The Morgan fingerprint density at radius 2 is 2.00 bits per heavy atom. The molecule has 0 fully saturated rings. The van der Waals surface area contributed by atoms with E-state index in [0.717, 1.165) is 24.4 Å². The number of aliphatic hydroxyl groups excluding tert-OH is 1. The molecular weight excluding hydrogens is 214 g/mol. The lowest BCUT2D eigenvalue weighted by Gasteiger charge is -2.31. The van der Waals surface area contributed by atoms with Crippen molar-refractivity contribution in [3.05, 3.63) is 17.0 Å². The maximum atomic E-state index is 9.11. The molecule has 0 saturated carbocycles. The van der Waals surface area contributed by atoms with Crippen LogP contribution in [-0.2, 0) is 6.54 Å². The topological polar surface area (TPSA) is 60.9 Å². The van der Waals surface area contributed by atoms with Crippen LogP contribution in [0.1, 0.15) is 44.1 Å². The lowest BCUT2D eigenvalue weighted by atomic mass is 9.85. The quantitative estimate of drug-likeness (QED) is 0.735. The van der Waals surface area contributed by atoms with Gasteiger partial charge in [0.15, 0.2) is 0 Å². The number of aromatic amines is 1. The van der Waals surface area contributed by atoms with E-state index in [4.69, 9.17) is 5.11 Å². The molecule has 0 spiro atoms. The first-order chi connectivity index (χ1) is 7.86. The van der Waals surface area contributed by atoms with Gasteiger partial charge in [0.1, 0.15) is 0 Å². The van der Waals surface area contributed by atoms with E-state index in [0.29, 0.717) is 6.04 Å². The number of hydrogen-bond acceptors (Lipinski definition) is 3. The number of rotatable bonds is 5. The Kier molecular flexibility index (Phi) is 4.71. The van der Waals surface area contributed by atoms with Gasteiger partial charge in [-0.25, -0.2) is 0 Å². The summed E-state index contributed by atoms with van der Waals surface area (Å²) in [4.78, 5) is 0. The molecular formula is C13H25N3O. The van der Waals surface area contributed by atoms with E-state index in [2.05, 4.69) is 36.3 Å². The lowest BCUT2D eigenvalue weighted by Crippen LogP contribution is -2.40. The molecule has 0 radical (unpaired) electrons. The largest absolute Gasteiger partial charge is 0.396 e. The number of nitrogens with one attached hydrogen (secondary N) is 2. The third-order valence-corrected chi connectivity index (χ3v) is 3.27. The highest BCUT2D eigenvalue weighted by Gasteiger charge is 2.23. The highest BCUT2D eigenvalue weighted by atomic mass is 16.3. The summed E-state index contributed by atoms with van der Waals surface area (Å²) in [5.74, 6) is 0. The van der Waals surface area contributed by atoms with Crippen molar-refractivity contribution in [1.82, 2.24) is 15.5 Å². The van der Waals surface area contributed by atoms with Crippen LogP contribution in [0.15, 0.2) is 0 Å². The van der Waals surface area contributed by atoms with Crippen molar-refractivity contribution in [3.8, 4) is 0 Å². The number of hydrogen-bond donors (Lipinski definition) is 3. The zero-order chi connectivity index (χ0) is 13.1. The van der Waals surface area contributed by atoms with E-state index >= 15 is 0 Å². The fourth-order valence-electron chi connectivity index (χ4n) is 2.03. The minimum atomic E-state index is 0.147. The molecule has 3 N–H and O–H groups in total. The van der Waals surface area contributed by atoms with Gasteiger partial charge in [-0.3, -0.25) is 5.10 Å². The molecule has 1 atom stereocenters. The number of aromatic nitrogens is 2. The summed E-state index contributed by atoms with van der Waals surface area (Å²) in [6.45, 7) is 11.6. The fraction of sp³-hybridized carbons (Fsp3) is 0.769. The van der Waals surface area contributed by atoms with Gasteiger partial charge in [-0.2, -0.15) is 5.10 Å². The Hall–Kier alpha value is -0.870. The van der Waals surface area contributed by atoms with Crippen molar-refractivity contribution in [1.29, 1.82) is 0 Å². The molecule has 1 heterocycles. The molecule has 0 aliphatic rings. The third-order valence-electron chi connectivity index (χ3n) is 3.27. The van der Waals surface area contributed by atoms with Crippen molar-refractivity contribution in [2.45, 2.75) is 53.6 Å². The number of aliphatic hydroxyl groups is 1. The van der Waals surface area contributed by atoms with E-state index in [-0.39, 0.29) is 12.0 Å². The van der Waals surface area contributed by atoms with Crippen LogP contribution < -0.4 is 5.32 Å². The fourth-order valence-corrected chi connectivity index (χ4v) is 2.03. The van der Waals surface area contributed by atoms with E-state index < -0.39 is 0 Å². The number of H-pyrrole nitrogens is 1. The smallest absolute Gasteiger partial charge is 0.0638 e. The first kappa shape index (κ1) is 14.2. The van der Waals surface area contributed by atoms with Crippen LogP contribution in [0, 0.1) is 19.3 Å². The standard InChI is InChI=1S/C13H25N3O/c1-9-11(10(2)16-15-9)8-14-12(6-7-17)13(3,4)5/h12,14,17H,6-8H2,1-5H3,(H,15,16). The minimum Gasteiger partial charge on any atom is -0.396 e. The predicted octanol–water partition coefficient (Wildman–Crippen LogP) is 1.91. The van der Waals surface area contributed by atoms with Gasteiger partial charge in [0.25, 0.3) is 0 Å². The zero-order valence-electron chi connectivity index (χ0n) is 11.6. The molecule has 1 aromatic heterocycles. The van der Waals surface area contributed by atoms with E-state index in [1.165, 1.54) is 5.56 Å². The van der Waals surface area contributed by atoms with Crippen molar-refractivity contribution in [2.24, 2.45) is 5.41 Å². The average molecular weight is 239 g/mol. The van der Waals surface area contributed by atoms with Gasteiger partial charge in [0.05, 0.1) is 5.69 Å². The van der Waals surface area contributed by atoms with Crippen LogP contribution >= 0.6 is 0 Å². The molecule has 4 heteroatoms. The van der Waals surface area contributed by atoms with Gasteiger partial charge in [0, 0.05) is 30.5 Å². The maximum Gasteiger partial charge on any atom is 0.0638 e. The SMILES string of the molecule is Cc1n[nH]c(C)c1CNC(CCO)C(C)(C)C. The van der Waals surface area contributed by atoms with Crippen LogP contribution in [0.2, 0.25) is 0 Å². The first-order valence-corrected chi connectivity index (χ1v) is 6.21. The molecule has 98 valence electrons. The Bertz CT molecular complexity index is 333. The second-order valence-electron chi connectivity index (χ2n) is 5.72. The van der Waals surface area contributed by atoms with Crippen molar-refractivity contribution in [2.75, 3.05) is 6.61 Å². The van der Waals surface area contributed by atoms with Crippen molar-refractivity contribution >= 4 is 0 Å². The molecule has 0 aromatic carbocycles. The van der Waals surface area contributed by atoms with Crippen LogP contribution in [0.25, 0.3) is 0 Å². The van der Waals surface area contributed by atoms with Gasteiger partial charge in [0.2, 0.25) is 0 Å². The zero-order valence-corrected chi connectivity index (χ0v) is 11.6. The van der Waals surface area contributed by atoms with Gasteiger partial charge >= 0.3 is 0 Å². The third kappa shape index (κ3) is 3.82. The maximum absolute atomic E-state index is 9.11. The van der Waals surface area contributed by atoms with Crippen molar-refractivity contribution in [3.63, 3.8) is 0 Å². The molecule has 0 aliphatic carbocycles. The summed E-state index contributed by atoms with van der Waals surface area (Å²) < 4.78 is 0. The first-order valence-electron chi connectivity index (χ1n) is 6.21. The summed E-state index contributed by atoms with van der Waals surface area (Å²) >= 11 is 0. The molecule has 1 aromatic rings. The van der Waals surface area contributed by atoms with Gasteiger partial charge in [-0.15, -0.1) is 0 Å². The van der Waals surface area contributed by atoms with Gasteiger partial charge in [-0.1, -0.05) is 20.8 Å². The van der Waals surface area contributed by atoms with Crippen LogP contribution in [-0.4, -0.2) is 28.0 Å². The van der Waals surface area contributed by atoms with Crippen LogP contribution in [0.5, 0.6) is 0 Å². The molecule has 0 saturated heterocycles. The Balaban J connectivity index is 2.64. The lowest BCUT2D eigenvalue weighted by molar-refractivity contribution is 0.196. The molecule has 17 heavy (non-hydrogen) atoms. The molecule has 4 nitrogen and oxygen atoms in total. The molecule has 1 rings (SSSR count). The molecule has 0 amide bonds. The summed E-state index contributed by atoms with van der Waals surface area (Å²) in [5.41, 5.74) is 3.55. The van der Waals surface area contributed by atoms with E-state index in [9.17, 15) is 0 Å². The number of nitrogens with zero attached hydrogens (tertiary/aromatic N) is 1. The second-order valence-corrected chi connectivity index (χ2v) is 5.72. The van der Waals surface area contributed by atoms with Gasteiger partial charge < -0.3 is 10.4 Å². The highest BCUT2D eigenvalue weighted by Crippen LogP contribution is 2.22. The van der Waals surface area contributed by atoms with Crippen molar-refractivity contribution < 1.29 is 5.11 Å². The summed E-state index contributed by atoms with van der Waals surface area (Å²) in [5, 5.41) is 19.8. The van der Waals surface area contributed by atoms with E-state index in [1.54, 1.807) is 0 Å². The molecule has 1 unspecified atom stereocenters. The Morgan fingerprint density at radius 1 is 1.35 bits per heavy atom. The van der Waals surface area contributed by atoms with Gasteiger partial charge in [-0.05, 0) is 25.7 Å². The Labute approximate surface area is 104 Å². The summed E-state index contributed by atoms with van der Waals surface area (Å²) in [6.07, 6.45) is 0.777. The molecule has 0 bridgehead atoms. The van der Waals surface area contributed by atoms with Crippen LogP contribution in [0.3, 0.4) is 0 Å². The van der Waals surface area contributed by atoms with E-state index in [1.807, 2.05) is 13.8 Å². The van der Waals surface area contributed by atoms with Crippen LogP contribution in [0.4, 0.5) is 0 Å². The Morgan fingerprint density at radius 3 is 2.41 bits per heavy atom. The highest BCUT2D eigenvalue weighted by molar-refractivity contribution is 5.22. The second kappa shape index (κ2) is 5.65.